The number of pyridine rings is 1. The molecule has 0 saturated heterocycles. The summed E-state index contributed by atoms with van der Waals surface area (Å²) >= 11 is 4.43. The number of nitrogens with zero attached hydrogens (tertiary/aromatic N) is 2. The number of hydrogen-bond acceptors (Lipinski definition) is 5. The standard InChI is InChI=1S/C13H9BrN2O4S/c1-7-9(16(19)20)6-15-12(11(7)14)21-10-5-3-2-4-8(10)13(17)18/h2-6H,1H3,(H,17,18). The van der Waals surface area contributed by atoms with Crippen LogP contribution in [0.5, 0.6) is 0 Å². The lowest BCUT2D eigenvalue weighted by atomic mass is 10.2. The molecule has 0 unspecified atom stereocenters. The van der Waals surface area contributed by atoms with Crippen LogP contribution in [0.2, 0.25) is 0 Å². The Balaban J connectivity index is 2.44. The minimum atomic E-state index is -1.03. The maximum Gasteiger partial charge on any atom is 0.336 e. The van der Waals surface area contributed by atoms with Gasteiger partial charge < -0.3 is 5.11 Å². The van der Waals surface area contributed by atoms with Crippen LogP contribution in [0.25, 0.3) is 0 Å². The van der Waals surface area contributed by atoms with E-state index in [1.54, 1.807) is 25.1 Å². The molecule has 1 heterocycles. The van der Waals surface area contributed by atoms with Crippen molar-refractivity contribution in [3.8, 4) is 0 Å². The summed E-state index contributed by atoms with van der Waals surface area (Å²) in [7, 11) is 0. The zero-order valence-corrected chi connectivity index (χ0v) is 13.1. The molecule has 0 radical (unpaired) electrons. The van der Waals surface area contributed by atoms with Crippen LogP contribution in [0.1, 0.15) is 15.9 Å². The van der Waals surface area contributed by atoms with Crippen LogP contribution in [-0.4, -0.2) is 21.0 Å². The van der Waals surface area contributed by atoms with Crippen molar-refractivity contribution in [3.63, 3.8) is 0 Å². The van der Waals surface area contributed by atoms with Crippen LogP contribution >= 0.6 is 27.7 Å². The summed E-state index contributed by atoms with van der Waals surface area (Å²) in [4.78, 5) is 26.1. The molecular weight excluding hydrogens is 360 g/mol. The van der Waals surface area contributed by atoms with Crippen molar-refractivity contribution < 1.29 is 14.8 Å². The van der Waals surface area contributed by atoms with Gasteiger partial charge in [-0.1, -0.05) is 23.9 Å². The van der Waals surface area contributed by atoms with Crippen LogP contribution in [-0.2, 0) is 0 Å². The van der Waals surface area contributed by atoms with Gasteiger partial charge in [0.1, 0.15) is 11.2 Å². The summed E-state index contributed by atoms with van der Waals surface area (Å²) in [6.45, 7) is 1.61. The van der Waals surface area contributed by atoms with Crippen LogP contribution in [0, 0.1) is 17.0 Å². The molecule has 21 heavy (non-hydrogen) atoms. The van der Waals surface area contributed by atoms with Gasteiger partial charge in [0, 0.05) is 10.5 Å². The summed E-state index contributed by atoms with van der Waals surface area (Å²) in [5.41, 5.74) is 0.523. The average molecular weight is 369 g/mol. The Hall–Kier alpha value is -1.93. The predicted octanol–water partition coefficient (Wildman–Crippen LogP) is 3.91. The molecule has 108 valence electrons. The van der Waals surface area contributed by atoms with E-state index < -0.39 is 10.9 Å². The Morgan fingerprint density at radius 3 is 2.71 bits per heavy atom. The Kier molecular flexibility index (Phi) is 4.59. The minimum absolute atomic E-state index is 0.0854. The summed E-state index contributed by atoms with van der Waals surface area (Å²) < 4.78 is 0.488. The Labute approximate surface area is 132 Å². The molecular formula is C13H9BrN2O4S. The number of halogens is 1. The Bertz CT molecular complexity index is 736. The normalized spacial score (nSPS) is 10.4. The van der Waals surface area contributed by atoms with Crippen molar-refractivity contribution in [2.24, 2.45) is 0 Å². The van der Waals surface area contributed by atoms with Crippen molar-refractivity contribution >= 4 is 39.3 Å². The lowest BCUT2D eigenvalue weighted by Crippen LogP contribution is -1.99. The average Bonchev–Trinajstić information content (AvgIpc) is 2.44. The number of aromatic nitrogens is 1. The molecule has 0 amide bonds. The topological polar surface area (TPSA) is 93.3 Å². The van der Waals surface area contributed by atoms with Gasteiger partial charge in [0.05, 0.1) is 15.0 Å². The van der Waals surface area contributed by atoms with Gasteiger partial charge in [-0.15, -0.1) is 0 Å². The fourth-order valence-electron chi connectivity index (χ4n) is 1.64. The van der Waals surface area contributed by atoms with E-state index in [9.17, 15) is 14.9 Å². The molecule has 0 aliphatic carbocycles. The third-order valence-electron chi connectivity index (χ3n) is 2.73. The molecule has 0 fully saturated rings. The van der Waals surface area contributed by atoms with Crippen molar-refractivity contribution in [3.05, 3.63) is 56.2 Å². The van der Waals surface area contributed by atoms with Crippen LogP contribution < -0.4 is 0 Å². The van der Waals surface area contributed by atoms with Crippen molar-refractivity contribution in [1.29, 1.82) is 0 Å². The van der Waals surface area contributed by atoms with E-state index in [-0.39, 0.29) is 11.3 Å². The molecule has 2 aromatic rings. The highest BCUT2D eigenvalue weighted by Gasteiger charge is 2.19. The molecule has 0 bridgehead atoms. The van der Waals surface area contributed by atoms with Crippen molar-refractivity contribution in [2.45, 2.75) is 16.8 Å². The molecule has 0 aliphatic rings. The maximum atomic E-state index is 11.2. The number of aromatic carboxylic acids is 1. The van der Waals surface area contributed by atoms with E-state index in [1.807, 2.05) is 0 Å². The highest BCUT2D eigenvalue weighted by Crippen LogP contribution is 2.37. The number of carboxylic acid groups (broad SMARTS) is 1. The smallest absolute Gasteiger partial charge is 0.336 e. The van der Waals surface area contributed by atoms with Gasteiger partial charge in [0.2, 0.25) is 0 Å². The maximum absolute atomic E-state index is 11.2. The van der Waals surface area contributed by atoms with Crippen LogP contribution in [0.3, 0.4) is 0 Å². The molecule has 0 saturated carbocycles. The van der Waals surface area contributed by atoms with Crippen molar-refractivity contribution in [2.75, 3.05) is 0 Å². The molecule has 1 aromatic heterocycles. The molecule has 1 N–H and O–H groups in total. The van der Waals surface area contributed by atoms with E-state index >= 15 is 0 Å². The monoisotopic (exact) mass is 368 g/mol. The molecule has 1 aromatic carbocycles. The summed E-state index contributed by atoms with van der Waals surface area (Å²) in [5, 5.41) is 20.5. The first kappa shape index (κ1) is 15.5. The van der Waals surface area contributed by atoms with Crippen LogP contribution in [0.15, 0.2) is 44.9 Å². The zero-order chi connectivity index (χ0) is 15.6. The fourth-order valence-corrected chi connectivity index (χ4v) is 3.15. The first-order valence-corrected chi connectivity index (χ1v) is 7.32. The van der Waals surface area contributed by atoms with E-state index in [1.165, 1.54) is 12.3 Å². The third-order valence-corrected chi connectivity index (χ3v) is 5.04. The summed E-state index contributed by atoms with van der Waals surface area (Å²) in [6.07, 6.45) is 1.17. The zero-order valence-electron chi connectivity index (χ0n) is 10.7. The Morgan fingerprint density at radius 2 is 2.10 bits per heavy atom. The first-order chi connectivity index (χ1) is 9.91. The minimum Gasteiger partial charge on any atom is -0.478 e. The highest BCUT2D eigenvalue weighted by molar-refractivity contribution is 9.10. The van der Waals surface area contributed by atoms with Crippen molar-refractivity contribution in [1.82, 2.24) is 4.98 Å². The SMILES string of the molecule is Cc1c([N+](=O)[O-])cnc(Sc2ccccc2C(=O)O)c1Br. The number of hydrogen-bond donors (Lipinski definition) is 1. The van der Waals surface area contributed by atoms with Gasteiger partial charge in [0.15, 0.2) is 0 Å². The highest BCUT2D eigenvalue weighted by atomic mass is 79.9. The summed E-state index contributed by atoms with van der Waals surface area (Å²) in [6, 6.07) is 6.52. The van der Waals surface area contributed by atoms with Gasteiger partial charge in [0.25, 0.3) is 5.69 Å². The van der Waals surface area contributed by atoms with E-state index in [4.69, 9.17) is 5.11 Å². The quantitative estimate of drug-likeness (QED) is 0.649. The molecule has 0 spiro atoms. The first-order valence-electron chi connectivity index (χ1n) is 5.71. The van der Waals surface area contributed by atoms with Crippen LogP contribution in [0.4, 0.5) is 5.69 Å². The second kappa shape index (κ2) is 6.23. The van der Waals surface area contributed by atoms with Gasteiger partial charge in [-0.3, -0.25) is 10.1 Å². The second-order valence-corrected chi connectivity index (χ2v) is 5.87. The van der Waals surface area contributed by atoms with E-state index in [0.717, 1.165) is 11.8 Å². The molecule has 0 aliphatic heterocycles. The van der Waals surface area contributed by atoms with Gasteiger partial charge in [-0.05, 0) is 35.0 Å². The fraction of sp³-hybridized carbons (Fsp3) is 0.0769. The predicted molar refractivity (Wildman–Crippen MR) is 80.9 cm³/mol. The third kappa shape index (κ3) is 3.22. The molecule has 2 rings (SSSR count). The number of nitro groups is 1. The number of rotatable bonds is 4. The van der Waals surface area contributed by atoms with E-state index in [0.29, 0.717) is 20.0 Å². The Morgan fingerprint density at radius 1 is 1.43 bits per heavy atom. The van der Waals surface area contributed by atoms with Gasteiger partial charge in [-0.2, -0.15) is 0 Å². The molecule has 8 heteroatoms. The molecule has 0 atom stereocenters. The summed E-state index contributed by atoms with van der Waals surface area (Å²) in [5.74, 6) is -1.03. The lowest BCUT2D eigenvalue weighted by Gasteiger charge is -2.08. The molecule has 6 nitrogen and oxygen atoms in total. The lowest BCUT2D eigenvalue weighted by molar-refractivity contribution is -0.385. The largest absolute Gasteiger partial charge is 0.478 e. The second-order valence-electron chi connectivity index (χ2n) is 4.05. The number of carbonyl (C=O) groups is 1. The van der Waals surface area contributed by atoms with Gasteiger partial charge >= 0.3 is 5.97 Å². The van der Waals surface area contributed by atoms with E-state index in [2.05, 4.69) is 20.9 Å². The van der Waals surface area contributed by atoms with Gasteiger partial charge in [-0.25, -0.2) is 9.78 Å². The number of carboxylic acids is 1. The number of benzene rings is 1.